The van der Waals surface area contributed by atoms with Gasteiger partial charge in [-0.2, -0.15) is 0 Å². The van der Waals surface area contributed by atoms with Crippen molar-refractivity contribution in [2.75, 3.05) is 19.8 Å². The fourth-order valence-electron chi connectivity index (χ4n) is 2.42. The first-order valence-electron chi connectivity index (χ1n) is 9.08. The number of hydrogen-bond donors (Lipinski definition) is 2. The van der Waals surface area contributed by atoms with Crippen LogP contribution in [-0.2, 0) is 9.59 Å². The molecule has 0 saturated heterocycles. The Morgan fingerprint density at radius 2 is 1.38 bits per heavy atom. The van der Waals surface area contributed by atoms with Crippen LogP contribution in [0.5, 0.6) is 11.5 Å². The quantitative estimate of drug-likeness (QED) is 0.518. The Morgan fingerprint density at radius 1 is 0.897 bits per heavy atom. The summed E-state index contributed by atoms with van der Waals surface area (Å²) in [4.78, 5) is 24.0. The maximum absolute atomic E-state index is 12.0. The summed E-state index contributed by atoms with van der Waals surface area (Å²) in [6.07, 6.45) is 0. The molecule has 0 spiro atoms. The second-order valence-corrected chi connectivity index (χ2v) is 8.43. The molecule has 2 amide bonds. The molecule has 0 unspecified atom stereocenters. The van der Waals surface area contributed by atoms with E-state index in [1.54, 1.807) is 6.92 Å². The number of benzene rings is 2. The van der Waals surface area contributed by atoms with Crippen LogP contribution in [0.1, 0.15) is 18.1 Å². The van der Waals surface area contributed by atoms with Gasteiger partial charge in [0.25, 0.3) is 11.8 Å². The van der Waals surface area contributed by atoms with Crippen molar-refractivity contribution >= 4 is 43.7 Å². The Balaban J connectivity index is 1.68. The molecule has 2 aromatic rings. The van der Waals surface area contributed by atoms with Crippen LogP contribution in [0.2, 0.25) is 0 Å². The van der Waals surface area contributed by atoms with E-state index in [1.807, 2.05) is 50.2 Å². The van der Waals surface area contributed by atoms with Crippen LogP contribution in [0.3, 0.4) is 0 Å². The van der Waals surface area contributed by atoms with Crippen molar-refractivity contribution in [1.29, 1.82) is 0 Å². The Hall–Kier alpha value is -2.06. The number of nitrogens with one attached hydrogen (secondary N) is 2. The van der Waals surface area contributed by atoms with Crippen LogP contribution in [0.15, 0.2) is 45.3 Å². The number of amides is 2. The Bertz CT molecular complexity index is 874. The lowest BCUT2D eigenvalue weighted by Crippen LogP contribution is -2.44. The topological polar surface area (TPSA) is 76.7 Å². The minimum absolute atomic E-state index is 0.104. The summed E-state index contributed by atoms with van der Waals surface area (Å²) in [5.41, 5.74) is 2.19. The fourth-order valence-corrected chi connectivity index (χ4v) is 3.63. The monoisotopic (exact) mass is 526 g/mol. The summed E-state index contributed by atoms with van der Waals surface area (Å²) in [6.45, 7) is 5.83. The first-order chi connectivity index (χ1) is 13.7. The molecule has 156 valence electrons. The van der Waals surface area contributed by atoms with Gasteiger partial charge in [0.15, 0.2) is 13.2 Å². The summed E-state index contributed by atoms with van der Waals surface area (Å²) >= 11 is 6.82. The zero-order chi connectivity index (χ0) is 21.4. The molecule has 6 nitrogen and oxygen atoms in total. The van der Waals surface area contributed by atoms with Crippen molar-refractivity contribution in [3.8, 4) is 11.5 Å². The van der Waals surface area contributed by atoms with Crippen LogP contribution >= 0.6 is 31.9 Å². The van der Waals surface area contributed by atoms with Gasteiger partial charge < -0.3 is 20.1 Å². The molecular weight excluding hydrogens is 504 g/mol. The molecule has 0 aliphatic carbocycles. The molecule has 0 aliphatic rings. The van der Waals surface area contributed by atoms with Gasteiger partial charge in [-0.25, -0.2) is 0 Å². The summed E-state index contributed by atoms with van der Waals surface area (Å²) in [6, 6.07) is 11.0. The molecule has 0 fully saturated rings. The minimum atomic E-state index is -0.265. The Kier molecular flexibility index (Phi) is 8.98. The smallest absolute Gasteiger partial charge is 0.258 e. The van der Waals surface area contributed by atoms with Crippen LogP contribution in [0.25, 0.3) is 0 Å². The first-order valence-corrected chi connectivity index (χ1v) is 10.7. The Labute approximate surface area is 187 Å². The van der Waals surface area contributed by atoms with Gasteiger partial charge in [0.05, 0.1) is 8.95 Å². The molecule has 2 aromatic carbocycles. The molecule has 8 heteroatoms. The highest BCUT2D eigenvalue weighted by Crippen LogP contribution is 2.26. The second kappa shape index (κ2) is 11.2. The molecule has 1 atom stereocenters. The van der Waals surface area contributed by atoms with Gasteiger partial charge in [0.2, 0.25) is 0 Å². The highest BCUT2D eigenvalue weighted by molar-refractivity contribution is 9.10. The third kappa shape index (κ3) is 8.06. The zero-order valence-corrected chi connectivity index (χ0v) is 19.7. The van der Waals surface area contributed by atoms with Gasteiger partial charge >= 0.3 is 0 Å². The predicted molar refractivity (Wildman–Crippen MR) is 119 cm³/mol. The van der Waals surface area contributed by atoms with Crippen LogP contribution < -0.4 is 20.1 Å². The van der Waals surface area contributed by atoms with Crippen molar-refractivity contribution in [2.45, 2.75) is 26.8 Å². The van der Waals surface area contributed by atoms with Gasteiger partial charge in [0, 0.05) is 12.6 Å². The highest BCUT2D eigenvalue weighted by Gasteiger charge is 2.11. The van der Waals surface area contributed by atoms with E-state index in [-0.39, 0.29) is 37.6 Å². The average Bonchev–Trinajstić information content (AvgIpc) is 2.65. The molecule has 2 N–H and O–H groups in total. The average molecular weight is 528 g/mol. The largest absolute Gasteiger partial charge is 0.483 e. The van der Waals surface area contributed by atoms with Gasteiger partial charge in [0.1, 0.15) is 11.5 Å². The number of hydrogen-bond acceptors (Lipinski definition) is 4. The maximum atomic E-state index is 12.0. The number of ether oxygens (including phenoxy) is 2. The molecular formula is C21H24Br2N2O4. The van der Waals surface area contributed by atoms with E-state index in [9.17, 15) is 9.59 Å². The molecule has 0 heterocycles. The molecule has 2 rings (SSSR count). The van der Waals surface area contributed by atoms with Gasteiger partial charge in [-0.15, -0.1) is 0 Å². The summed E-state index contributed by atoms with van der Waals surface area (Å²) < 4.78 is 12.6. The standard InChI is InChI=1S/C21H24Br2N2O4/c1-13-4-6-18(16(22)8-13)28-11-20(26)24-10-15(3)25-21(27)12-29-19-7-5-14(2)9-17(19)23/h4-9,15H,10-12H2,1-3H3,(H,24,26)(H,25,27)/t15-/m1/s1. The number of rotatable bonds is 9. The van der Waals surface area contributed by atoms with E-state index in [4.69, 9.17) is 9.47 Å². The Morgan fingerprint density at radius 3 is 1.86 bits per heavy atom. The minimum Gasteiger partial charge on any atom is -0.483 e. The molecule has 0 radical (unpaired) electrons. The number of aryl methyl sites for hydroxylation is 2. The molecule has 0 bridgehead atoms. The lowest BCUT2D eigenvalue weighted by Gasteiger charge is -2.16. The first kappa shape index (κ1) is 23.2. The second-order valence-electron chi connectivity index (χ2n) is 6.72. The van der Waals surface area contributed by atoms with E-state index in [2.05, 4.69) is 42.5 Å². The van der Waals surface area contributed by atoms with E-state index in [0.29, 0.717) is 11.5 Å². The van der Waals surface area contributed by atoms with Gasteiger partial charge in [-0.3, -0.25) is 9.59 Å². The summed E-state index contributed by atoms with van der Waals surface area (Å²) in [7, 11) is 0. The summed E-state index contributed by atoms with van der Waals surface area (Å²) in [5, 5.41) is 5.52. The molecule has 29 heavy (non-hydrogen) atoms. The normalized spacial score (nSPS) is 11.5. The molecule has 0 saturated carbocycles. The lowest BCUT2D eigenvalue weighted by molar-refractivity contribution is -0.125. The highest BCUT2D eigenvalue weighted by atomic mass is 79.9. The third-order valence-electron chi connectivity index (χ3n) is 3.91. The number of carbonyl (C=O) groups is 2. The van der Waals surface area contributed by atoms with Crippen molar-refractivity contribution in [3.05, 3.63) is 56.5 Å². The SMILES string of the molecule is Cc1ccc(OCC(=O)NC[C@@H](C)NC(=O)COc2ccc(C)cc2Br)c(Br)c1. The van der Waals surface area contributed by atoms with Crippen LogP contribution in [0, 0.1) is 13.8 Å². The van der Waals surface area contributed by atoms with Crippen LogP contribution in [0.4, 0.5) is 0 Å². The fraction of sp³-hybridized carbons (Fsp3) is 0.333. The van der Waals surface area contributed by atoms with Gasteiger partial charge in [-0.1, -0.05) is 12.1 Å². The van der Waals surface area contributed by atoms with Crippen molar-refractivity contribution in [3.63, 3.8) is 0 Å². The maximum Gasteiger partial charge on any atom is 0.258 e. The van der Waals surface area contributed by atoms with E-state index in [1.165, 1.54) is 0 Å². The van der Waals surface area contributed by atoms with E-state index < -0.39 is 0 Å². The predicted octanol–water partition coefficient (Wildman–Crippen LogP) is 3.91. The molecule has 0 aliphatic heterocycles. The van der Waals surface area contributed by atoms with Crippen molar-refractivity contribution < 1.29 is 19.1 Å². The number of halogens is 2. The number of carbonyl (C=O) groups excluding carboxylic acids is 2. The molecule has 0 aromatic heterocycles. The third-order valence-corrected chi connectivity index (χ3v) is 5.14. The van der Waals surface area contributed by atoms with Crippen molar-refractivity contribution in [2.24, 2.45) is 0 Å². The van der Waals surface area contributed by atoms with E-state index in [0.717, 1.165) is 20.1 Å². The van der Waals surface area contributed by atoms with Gasteiger partial charge in [-0.05, 0) is 88.0 Å². The van der Waals surface area contributed by atoms with E-state index >= 15 is 0 Å². The van der Waals surface area contributed by atoms with Crippen LogP contribution in [-0.4, -0.2) is 37.6 Å². The summed E-state index contributed by atoms with van der Waals surface area (Å²) in [5.74, 6) is 0.676. The zero-order valence-electron chi connectivity index (χ0n) is 16.6. The lowest BCUT2D eigenvalue weighted by atomic mass is 10.2. The van der Waals surface area contributed by atoms with Crippen molar-refractivity contribution in [1.82, 2.24) is 10.6 Å².